The van der Waals surface area contributed by atoms with Gasteiger partial charge in [0.15, 0.2) is 0 Å². The second kappa shape index (κ2) is 10.1. The number of benzene rings is 1. The molecule has 208 valence electrons. The quantitative estimate of drug-likeness (QED) is 0.462. The Hall–Kier alpha value is -1.14. The van der Waals surface area contributed by atoms with Gasteiger partial charge in [-0.15, -0.1) is 0 Å². The Labute approximate surface area is 224 Å². The molecule has 2 N–H and O–H groups in total. The molecule has 4 fully saturated rings. The van der Waals surface area contributed by atoms with Crippen LogP contribution in [0.15, 0.2) is 24.3 Å². The van der Waals surface area contributed by atoms with Crippen LogP contribution in [0.3, 0.4) is 0 Å². The van der Waals surface area contributed by atoms with Gasteiger partial charge in [0.05, 0.1) is 31.0 Å². The predicted molar refractivity (Wildman–Crippen MR) is 148 cm³/mol. The summed E-state index contributed by atoms with van der Waals surface area (Å²) in [7, 11) is 1.67. The molecule has 0 saturated heterocycles. The summed E-state index contributed by atoms with van der Waals surface area (Å²) in [5, 5.41) is 24.7. The van der Waals surface area contributed by atoms with E-state index in [1.54, 1.807) is 7.11 Å². The Bertz CT molecular complexity index is 933. The fourth-order valence-corrected chi connectivity index (χ4v) is 9.57. The van der Waals surface area contributed by atoms with Crippen molar-refractivity contribution >= 4 is 0 Å². The van der Waals surface area contributed by atoms with Crippen molar-refractivity contribution in [2.75, 3.05) is 33.4 Å². The van der Waals surface area contributed by atoms with Crippen LogP contribution < -0.4 is 4.74 Å². The average molecular weight is 514 g/mol. The summed E-state index contributed by atoms with van der Waals surface area (Å²) in [6.45, 7) is 13.2. The zero-order valence-corrected chi connectivity index (χ0v) is 24.0. The molecule has 4 saturated carbocycles. The van der Waals surface area contributed by atoms with Crippen molar-refractivity contribution < 1.29 is 19.7 Å². The van der Waals surface area contributed by atoms with Crippen molar-refractivity contribution in [3.05, 3.63) is 29.8 Å². The SMILES string of the molecule is CCN(CC)CCO[C@H]1CC[C@@]2(C)[C@H](CC[C@@H]3[C@@H]2CC[C@]2(C)[C@@](O)(c4ccc(OC)cc4)CC[C@]32O)C1. The van der Waals surface area contributed by atoms with E-state index in [1.165, 1.54) is 19.3 Å². The Kier molecular flexibility index (Phi) is 7.50. The molecule has 0 amide bonds. The van der Waals surface area contributed by atoms with Crippen molar-refractivity contribution in [2.24, 2.45) is 28.6 Å². The standard InChI is InChI=1S/C32H51NO4/c1-6-33(7-2)20-21-37-26-14-16-29(3)24(22-26)10-13-28-27(29)15-17-30(4)31(34,18-19-32(28,30)35)23-8-11-25(36-5)12-9-23/h8-9,11-12,24,26-28,34-35H,6-7,10,13-22H2,1-5H3/t24-,26+,27+,28-,29+,30-,31+,32+/m1/s1. The van der Waals surface area contributed by atoms with Crippen LogP contribution in [0.25, 0.3) is 0 Å². The third-order valence-electron chi connectivity index (χ3n) is 12.2. The van der Waals surface area contributed by atoms with E-state index >= 15 is 0 Å². The number of ether oxygens (including phenoxy) is 2. The number of rotatable bonds is 8. The maximum Gasteiger partial charge on any atom is 0.118 e. The maximum absolute atomic E-state index is 12.5. The summed E-state index contributed by atoms with van der Waals surface area (Å²) in [4.78, 5) is 2.44. The third kappa shape index (κ3) is 4.18. The molecule has 5 heteroatoms. The maximum atomic E-state index is 12.5. The molecule has 0 heterocycles. The predicted octanol–water partition coefficient (Wildman–Crippen LogP) is 5.77. The highest BCUT2D eigenvalue weighted by Gasteiger charge is 2.72. The molecule has 5 nitrogen and oxygen atoms in total. The monoisotopic (exact) mass is 513 g/mol. The lowest BCUT2D eigenvalue weighted by molar-refractivity contribution is -0.239. The Morgan fingerprint density at radius 3 is 2.30 bits per heavy atom. The van der Waals surface area contributed by atoms with Crippen LogP contribution in [0.5, 0.6) is 5.75 Å². The number of hydrogen-bond donors (Lipinski definition) is 2. The van der Waals surface area contributed by atoms with Gasteiger partial charge < -0.3 is 24.6 Å². The molecule has 4 aliphatic carbocycles. The van der Waals surface area contributed by atoms with Crippen molar-refractivity contribution in [2.45, 2.75) is 103 Å². The second-order valence-electron chi connectivity index (χ2n) is 13.2. The van der Waals surface area contributed by atoms with Gasteiger partial charge in [-0.25, -0.2) is 0 Å². The Morgan fingerprint density at radius 1 is 0.892 bits per heavy atom. The van der Waals surface area contributed by atoms with Crippen LogP contribution >= 0.6 is 0 Å². The van der Waals surface area contributed by atoms with Gasteiger partial charge in [0.1, 0.15) is 5.75 Å². The molecule has 0 aromatic heterocycles. The summed E-state index contributed by atoms with van der Waals surface area (Å²) in [5.74, 6) is 2.27. The summed E-state index contributed by atoms with van der Waals surface area (Å²) in [6.07, 6.45) is 9.42. The van der Waals surface area contributed by atoms with Gasteiger partial charge >= 0.3 is 0 Å². The van der Waals surface area contributed by atoms with Gasteiger partial charge in [-0.2, -0.15) is 0 Å². The lowest BCUT2D eigenvalue weighted by Crippen LogP contribution is -2.64. The zero-order valence-electron chi connectivity index (χ0n) is 24.0. The Balaban J connectivity index is 1.31. The fraction of sp³-hybridized carbons (Fsp3) is 0.812. The number of methoxy groups -OCH3 is 1. The van der Waals surface area contributed by atoms with Crippen LogP contribution in [0.1, 0.15) is 91.0 Å². The number of hydrogen-bond acceptors (Lipinski definition) is 5. The highest BCUT2D eigenvalue weighted by Crippen LogP contribution is 2.71. The van der Waals surface area contributed by atoms with Crippen molar-refractivity contribution in [1.82, 2.24) is 4.90 Å². The molecular formula is C32H51NO4. The minimum Gasteiger partial charge on any atom is -0.497 e. The molecule has 37 heavy (non-hydrogen) atoms. The van der Waals surface area contributed by atoms with Gasteiger partial charge in [-0.3, -0.25) is 0 Å². The van der Waals surface area contributed by atoms with E-state index in [4.69, 9.17) is 9.47 Å². The van der Waals surface area contributed by atoms with Crippen molar-refractivity contribution in [3.63, 3.8) is 0 Å². The van der Waals surface area contributed by atoms with Crippen LogP contribution in [0.4, 0.5) is 0 Å². The van der Waals surface area contributed by atoms with Gasteiger partial charge in [0, 0.05) is 12.0 Å². The number of aliphatic hydroxyl groups is 2. The molecule has 0 aliphatic heterocycles. The first-order chi connectivity index (χ1) is 17.6. The molecular weight excluding hydrogens is 462 g/mol. The molecule has 0 radical (unpaired) electrons. The summed E-state index contributed by atoms with van der Waals surface area (Å²) < 4.78 is 11.8. The highest BCUT2D eigenvalue weighted by atomic mass is 16.5. The number of nitrogens with zero attached hydrogens (tertiary/aromatic N) is 1. The van der Waals surface area contributed by atoms with Crippen LogP contribution in [-0.4, -0.2) is 60.2 Å². The second-order valence-corrected chi connectivity index (χ2v) is 13.2. The number of fused-ring (bicyclic) bond motifs is 5. The van der Waals surface area contributed by atoms with Crippen LogP contribution in [0, 0.1) is 28.6 Å². The van der Waals surface area contributed by atoms with E-state index in [9.17, 15) is 10.2 Å². The van der Waals surface area contributed by atoms with Crippen molar-refractivity contribution in [3.8, 4) is 5.75 Å². The molecule has 4 aliphatic rings. The van der Waals surface area contributed by atoms with Crippen LogP contribution in [-0.2, 0) is 10.3 Å². The lowest BCUT2D eigenvalue weighted by atomic mass is 9.43. The first kappa shape index (κ1) is 27.4. The Morgan fingerprint density at radius 2 is 1.62 bits per heavy atom. The fourth-order valence-electron chi connectivity index (χ4n) is 9.57. The van der Waals surface area contributed by atoms with E-state index in [2.05, 4.69) is 32.6 Å². The summed E-state index contributed by atoms with van der Waals surface area (Å²) in [6, 6.07) is 7.88. The van der Waals surface area contributed by atoms with E-state index in [0.29, 0.717) is 30.8 Å². The molecule has 8 atom stereocenters. The third-order valence-corrected chi connectivity index (χ3v) is 12.2. The minimum atomic E-state index is -1.01. The molecule has 5 rings (SSSR count). The molecule has 0 bridgehead atoms. The first-order valence-corrected chi connectivity index (χ1v) is 15.1. The highest BCUT2D eigenvalue weighted by molar-refractivity contribution is 5.36. The van der Waals surface area contributed by atoms with Gasteiger partial charge in [0.25, 0.3) is 0 Å². The normalized spacial score (nSPS) is 43.2. The lowest BCUT2D eigenvalue weighted by Gasteiger charge is -2.64. The van der Waals surface area contributed by atoms with E-state index in [-0.39, 0.29) is 11.3 Å². The average Bonchev–Trinajstić information content (AvgIpc) is 3.13. The largest absolute Gasteiger partial charge is 0.497 e. The van der Waals surface area contributed by atoms with Crippen LogP contribution in [0.2, 0.25) is 0 Å². The van der Waals surface area contributed by atoms with Gasteiger partial charge in [0.2, 0.25) is 0 Å². The summed E-state index contributed by atoms with van der Waals surface area (Å²) in [5.41, 5.74) is -1.18. The smallest absolute Gasteiger partial charge is 0.118 e. The van der Waals surface area contributed by atoms with E-state index < -0.39 is 16.6 Å². The first-order valence-electron chi connectivity index (χ1n) is 15.1. The van der Waals surface area contributed by atoms with Gasteiger partial charge in [-0.05, 0) is 112 Å². The number of likely N-dealkylation sites (N-methyl/N-ethyl adjacent to an activating group) is 1. The minimum absolute atomic E-state index is 0.263. The summed E-state index contributed by atoms with van der Waals surface area (Å²) >= 11 is 0. The van der Waals surface area contributed by atoms with Gasteiger partial charge in [-0.1, -0.05) is 39.8 Å². The van der Waals surface area contributed by atoms with E-state index in [1.807, 2.05) is 24.3 Å². The molecule has 0 unspecified atom stereocenters. The topological polar surface area (TPSA) is 62.2 Å². The van der Waals surface area contributed by atoms with Crippen molar-refractivity contribution in [1.29, 1.82) is 0 Å². The zero-order chi connectivity index (χ0) is 26.5. The molecule has 1 aromatic carbocycles. The molecule has 0 spiro atoms. The van der Waals surface area contributed by atoms with E-state index in [0.717, 1.165) is 63.2 Å². The molecule has 1 aromatic rings.